The van der Waals surface area contributed by atoms with Crippen molar-refractivity contribution in [2.24, 2.45) is 5.73 Å². The lowest BCUT2D eigenvalue weighted by Gasteiger charge is -2.02. The van der Waals surface area contributed by atoms with Gasteiger partial charge in [-0.3, -0.25) is 4.68 Å². The molecular weight excluding hydrogens is 244 g/mol. The number of nitrogens with zero attached hydrogens (tertiary/aromatic N) is 3. The van der Waals surface area contributed by atoms with E-state index in [4.69, 9.17) is 10.7 Å². The van der Waals surface area contributed by atoms with Crippen LogP contribution in [0.5, 0.6) is 0 Å². The fourth-order valence-electron chi connectivity index (χ4n) is 2.11. The fraction of sp³-hybridized carbons (Fsp3) is 0.538. The maximum Gasteiger partial charge on any atom is 0.0973 e. The van der Waals surface area contributed by atoms with Crippen LogP contribution in [0.15, 0.2) is 5.38 Å². The number of aromatic nitrogens is 3. The molecule has 0 aliphatic rings. The molecule has 98 valence electrons. The van der Waals surface area contributed by atoms with Crippen molar-refractivity contribution in [3.05, 3.63) is 21.8 Å². The van der Waals surface area contributed by atoms with Crippen molar-refractivity contribution in [2.45, 2.75) is 40.2 Å². The van der Waals surface area contributed by atoms with Gasteiger partial charge in [-0.25, -0.2) is 4.98 Å². The molecule has 1 atom stereocenters. The van der Waals surface area contributed by atoms with Crippen molar-refractivity contribution in [3.63, 3.8) is 0 Å². The van der Waals surface area contributed by atoms with Crippen LogP contribution < -0.4 is 5.73 Å². The first kappa shape index (κ1) is 13.2. The molecule has 4 nitrogen and oxygen atoms in total. The summed E-state index contributed by atoms with van der Waals surface area (Å²) in [6, 6.07) is 0. The van der Waals surface area contributed by atoms with Gasteiger partial charge in [0.2, 0.25) is 0 Å². The van der Waals surface area contributed by atoms with Crippen LogP contribution in [0.25, 0.3) is 11.3 Å². The molecule has 5 heteroatoms. The Morgan fingerprint density at radius 2 is 2.17 bits per heavy atom. The molecule has 0 bridgehead atoms. The summed E-state index contributed by atoms with van der Waals surface area (Å²) in [5.74, 6) is 0.325. The number of aryl methyl sites for hydroxylation is 2. The Hall–Kier alpha value is -1.20. The summed E-state index contributed by atoms with van der Waals surface area (Å²) in [4.78, 5) is 4.71. The molecule has 0 saturated heterocycles. The van der Waals surface area contributed by atoms with Gasteiger partial charge in [0.05, 0.1) is 16.4 Å². The zero-order valence-electron chi connectivity index (χ0n) is 11.4. The van der Waals surface area contributed by atoms with E-state index in [0.717, 1.165) is 22.9 Å². The van der Waals surface area contributed by atoms with Gasteiger partial charge >= 0.3 is 0 Å². The lowest BCUT2D eigenvalue weighted by atomic mass is 10.1. The average molecular weight is 264 g/mol. The number of thiazole rings is 1. The molecule has 18 heavy (non-hydrogen) atoms. The fourth-order valence-corrected chi connectivity index (χ4v) is 2.99. The molecular formula is C13H20N4S. The molecule has 0 aromatic carbocycles. The van der Waals surface area contributed by atoms with E-state index < -0.39 is 0 Å². The largest absolute Gasteiger partial charge is 0.330 e. The van der Waals surface area contributed by atoms with Gasteiger partial charge in [-0.15, -0.1) is 11.3 Å². The smallest absolute Gasteiger partial charge is 0.0973 e. The van der Waals surface area contributed by atoms with Crippen LogP contribution in [-0.4, -0.2) is 21.3 Å². The molecule has 0 amide bonds. The zero-order chi connectivity index (χ0) is 13.3. The predicted molar refractivity (Wildman–Crippen MR) is 76.0 cm³/mol. The second kappa shape index (κ2) is 5.20. The van der Waals surface area contributed by atoms with E-state index in [9.17, 15) is 0 Å². The molecule has 0 radical (unpaired) electrons. The van der Waals surface area contributed by atoms with Crippen molar-refractivity contribution in [1.82, 2.24) is 14.8 Å². The summed E-state index contributed by atoms with van der Waals surface area (Å²) < 4.78 is 2.02. The highest BCUT2D eigenvalue weighted by Crippen LogP contribution is 2.30. The van der Waals surface area contributed by atoms with E-state index in [0.29, 0.717) is 12.5 Å². The number of hydrogen-bond acceptors (Lipinski definition) is 4. The van der Waals surface area contributed by atoms with Crippen molar-refractivity contribution >= 4 is 11.3 Å². The van der Waals surface area contributed by atoms with E-state index in [-0.39, 0.29) is 0 Å². The topological polar surface area (TPSA) is 56.7 Å². The van der Waals surface area contributed by atoms with Gasteiger partial charge in [0.1, 0.15) is 0 Å². The Bertz CT molecular complexity index is 541. The standard InChI is InChI=1S/C13H20N4S/c1-5-17-10(4)12(9(3)16-17)11-7-18-13(15-11)8(2)6-14/h7-8H,5-6,14H2,1-4H3. The number of nitrogens with two attached hydrogens (primary N) is 1. The zero-order valence-corrected chi connectivity index (χ0v) is 12.2. The Balaban J connectivity index is 2.43. The highest BCUT2D eigenvalue weighted by atomic mass is 32.1. The maximum absolute atomic E-state index is 5.69. The summed E-state index contributed by atoms with van der Waals surface area (Å²) in [7, 11) is 0. The van der Waals surface area contributed by atoms with Gasteiger partial charge in [0.25, 0.3) is 0 Å². The molecule has 2 aromatic heterocycles. The van der Waals surface area contributed by atoms with Crippen LogP contribution in [0.2, 0.25) is 0 Å². The second-order valence-electron chi connectivity index (χ2n) is 4.57. The highest BCUT2D eigenvalue weighted by molar-refractivity contribution is 7.10. The summed E-state index contributed by atoms with van der Waals surface area (Å²) in [5.41, 5.74) is 10.1. The molecule has 2 N–H and O–H groups in total. The first-order chi connectivity index (χ1) is 8.58. The normalized spacial score (nSPS) is 12.9. The van der Waals surface area contributed by atoms with E-state index in [2.05, 4.69) is 31.2 Å². The molecule has 0 fully saturated rings. The summed E-state index contributed by atoms with van der Waals surface area (Å²) in [6.07, 6.45) is 0. The summed E-state index contributed by atoms with van der Waals surface area (Å²) in [5, 5.41) is 7.75. The van der Waals surface area contributed by atoms with Gasteiger partial charge in [0, 0.05) is 35.6 Å². The quantitative estimate of drug-likeness (QED) is 0.923. The molecule has 2 rings (SSSR count). The van der Waals surface area contributed by atoms with Gasteiger partial charge in [0.15, 0.2) is 0 Å². The lowest BCUT2D eigenvalue weighted by molar-refractivity contribution is 0.634. The van der Waals surface area contributed by atoms with Crippen molar-refractivity contribution in [2.75, 3.05) is 6.54 Å². The Morgan fingerprint density at radius 3 is 2.72 bits per heavy atom. The average Bonchev–Trinajstić information content (AvgIpc) is 2.93. The lowest BCUT2D eigenvalue weighted by Crippen LogP contribution is -2.08. The highest BCUT2D eigenvalue weighted by Gasteiger charge is 2.17. The van der Waals surface area contributed by atoms with Crippen LogP contribution in [0.1, 0.15) is 36.2 Å². The molecule has 2 heterocycles. The first-order valence-corrected chi connectivity index (χ1v) is 7.16. The third-order valence-corrected chi connectivity index (χ3v) is 4.31. The van der Waals surface area contributed by atoms with Gasteiger partial charge in [-0.1, -0.05) is 6.92 Å². The minimum Gasteiger partial charge on any atom is -0.330 e. The van der Waals surface area contributed by atoms with Gasteiger partial charge in [-0.2, -0.15) is 5.10 Å². The molecule has 2 aromatic rings. The van der Waals surface area contributed by atoms with Crippen molar-refractivity contribution < 1.29 is 0 Å². The summed E-state index contributed by atoms with van der Waals surface area (Å²) in [6.45, 7) is 9.89. The van der Waals surface area contributed by atoms with E-state index in [1.165, 1.54) is 11.3 Å². The molecule has 0 aliphatic carbocycles. The minimum absolute atomic E-state index is 0.325. The van der Waals surface area contributed by atoms with Crippen LogP contribution >= 0.6 is 11.3 Å². The van der Waals surface area contributed by atoms with E-state index in [1.807, 2.05) is 11.6 Å². The molecule has 0 saturated carbocycles. The van der Waals surface area contributed by atoms with Crippen LogP contribution in [0, 0.1) is 13.8 Å². The van der Waals surface area contributed by atoms with Crippen LogP contribution in [-0.2, 0) is 6.54 Å². The predicted octanol–water partition coefficient (Wildman–Crippen LogP) is 2.71. The Kier molecular flexibility index (Phi) is 3.82. The number of rotatable bonds is 4. The Labute approximate surface area is 112 Å². The first-order valence-electron chi connectivity index (χ1n) is 6.28. The van der Waals surface area contributed by atoms with E-state index >= 15 is 0 Å². The summed E-state index contributed by atoms with van der Waals surface area (Å²) >= 11 is 1.68. The third kappa shape index (κ3) is 2.20. The van der Waals surface area contributed by atoms with Crippen LogP contribution in [0.3, 0.4) is 0 Å². The van der Waals surface area contributed by atoms with Crippen LogP contribution in [0.4, 0.5) is 0 Å². The SMILES string of the molecule is CCn1nc(C)c(-c2csc(C(C)CN)n2)c1C. The van der Waals surface area contributed by atoms with Crippen molar-refractivity contribution in [1.29, 1.82) is 0 Å². The molecule has 0 aliphatic heterocycles. The van der Waals surface area contributed by atoms with E-state index in [1.54, 1.807) is 11.3 Å². The van der Waals surface area contributed by atoms with Gasteiger partial charge in [-0.05, 0) is 20.8 Å². The third-order valence-electron chi connectivity index (χ3n) is 3.23. The Morgan fingerprint density at radius 1 is 1.44 bits per heavy atom. The minimum atomic E-state index is 0.325. The monoisotopic (exact) mass is 264 g/mol. The maximum atomic E-state index is 5.69. The second-order valence-corrected chi connectivity index (χ2v) is 5.46. The molecule has 1 unspecified atom stereocenters. The molecule has 0 spiro atoms. The number of hydrogen-bond donors (Lipinski definition) is 1. The van der Waals surface area contributed by atoms with Crippen molar-refractivity contribution in [3.8, 4) is 11.3 Å². The van der Waals surface area contributed by atoms with Gasteiger partial charge < -0.3 is 5.73 Å².